The minimum atomic E-state index is 0.375. The van der Waals surface area contributed by atoms with Crippen LogP contribution in [-0.4, -0.2) is 19.5 Å². The Balaban J connectivity index is 2.11. The van der Waals surface area contributed by atoms with Gasteiger partial charge in [-0.2, -0.15) is 0 Å². The minimum absolute atomic E-state index is 0.375. The first-order valence-electron chi connectivity index (χ1n) is 6.04. The van der Waals surface area contributed by atoms with Gasteiger partial charge in [-0.1, -0.05) is 0 Å². The van der Waals surface area contributed by atoms with Crippen LogP contribution in [0.2, 0.25) is 0 Å². The Morgan fingerprint density at radius 1 is 1.26 bits per heavy atom. The predicted octanol–water partition coefficient (Wildman–Crippen LogP) is 2.92. The number of halogens is 1. The van der Waals surface area contributed by atoms with E-state index in [-0.39, 0.29) is 0 Å². The molecule has 96 valence electrons. The summed E-state index contributed by atoms with van der Waals surface area (Å²) in [6.07, 6.45) is 5.42. The van der Waals surface area contributed by atoms with Crippen LogP contribution >= 0.6 is 11.6 Å². The molecule has 0 spiro atoms. The molecule has 0 aromatic carbocycles. The normalized spacial score (nSPS) is 11.1. The lowest BCUT2D eigenvalue weighted by Crippen LogP contribution is -2.04. The Labute approximate surface area is 116 Å². The number of pyridine rings is 2. The maximum absolute atomic E-state index is 5.99. The van der Waals surface area contributed by atoms with Crippen molar-refractivity contribution in [2.75, 3.05) is 0 Å². The van der Waals surface area contributed by atoms with E-state index < -0.39 is 0 Å². The SMILES string of the molecule is Cc1cnc2c(c1)nc(CCl)n2Cc1ccncc1. The molecule has 5 heteroatoms. The van der Waals surface area contributed by atoms with Gasteiger partial charge in [0.1, 0.15) is 11.3 Å². The number of hydrogen-bond donors (Lipinski definition) is 0. The Hall–Kier alpha value is -1.94. The number of aromatic nitrogens is 4. The number of imidazole rings is 1. The zero-order valence-corrected chi connectivity index (χ0v) is 11.3. The fraction of sp³-hybridized carbons (Fsp3) is 0.214. The molecule has 0 radical (unpaired) electrons. The highest BCUT2D eigenvalue weighted by molar-refractivity contribution is 6.16. The summed E-state index contributed by atoms with van der Waals surface area (Å²) < 4.78 is 2.05. The molecule has 0 saturated heterocycles. The first-order valence-corrected chi connectivity index (χ1v) is 6.58. The smallest absolute Gasteiger partial charge is 0.160 e. The van der Waals surface area contributed by atoms with Gasteiger partial charge in [0.05, 0.1) is 12.4 Å². The van der Waals surface area contributed by atoms with Gasteiger partial charge in [0.25, 0.3) is 0 Å². The maximum Gasteiger partial charge on any atom is 0.160 e. The van der Waals surface area contributed by atoms with E-state index >= 15 is 0 Å². The highest BCUT2D eigenvalue weighted by Crippen LogP contribution is 2.18. The van der Waals surface area contributed by atoms with Crippen molar-refractivity contribution >= 4 is 22.8 Å². The Morgan fingerprint density at radius 3 is 2.79 bits per heavy atom. The third-order valence-corrected chi connectivity index (χ3v) is 3.25. The van der Waals surface area contributed by atoms with E-state index in [1.807, 2.05) is 31.3 Å². The monoisotopic (exact) mass is 272 g/mol. The molecule has 0 bridgehead atoms. The fourth-order valence-corrected chi connectivity index (χ4v) is 2.30. The number of nitrogens with zero attached hydrogens (tertiary/aromatic N) is 4. The van der Waals surface area contributed by atoms with Crippen LogP contribution in [0.3, 0.4) is 0 Å². The van der Waals surface area contributed by atoms with Gasteiger partial charge in [-0.25, -0.2) is 9.97 Å². The van der Waals surface area contributed by atoms with Crippen LogP contribution in [0.25, 0.3) is 11.2 Å². The number of fused-ring (bicyclic) bond motifs is 1. The molecular weight excluding hydrogens is 260 g/mol. The van der Waals surface area contributed by atoms with Crippen molar-refractivity contribution in [2.24, 2.45) is 0 Å². The molecule has 3 rings (SSSR count). The summed E-state index contributed by atoms with van der Waals surface area (Å²) in [5.74, 6) is 1.21. The number of rotatable bonds is 3. The van der Waals surface area contributed by atoms with Gasteiger partial charge in [0, 0.05) is 18.6 Å². The van der Waals surface area contributed by atoms with Crippen LogP contribution in [0, 0.1) is 6.92 Å². The first kappa shape index (κ1) is 12.1. The molecule has 0 fully saturated rings. The van der Waals surface area contributed by atoms with Crippen LogP contribution in [0.1, 0.15) is 17.0 Å². The molecule has 4 nitrogen and oxygen atoms in total. The third-order valence-electron chi connectivity index (χ3n) is 3.01. The highest BCUT2D eigenvalue weighted by Gasteiger charge is 2.11. The van der Waals surface area contributed by atoms with E-state index in [1.165, 1.54) is 0 Å². The standard InChI is InChI=1S/C14H13ClN4/c1-10-6-12-14(17-8-10)19(13(7-15)18-12)9-11-2-4-16-5-3-11/h2-6,8H,7,9H2,1H3. The van der Waals surface area contributed by atoms with Gasteiger partial charge in [-0.15, -0.1) is 11.6 Å². The van der Waals surface area contributed by atoms with Gasteiger partial charge in [0.15, 0.2) is 5.65 Å². The van der Waals surface area contributed by atoms with Crippen molar-refractivity contribution in [1.82, 2.24) is 19.5 Å². The average molecular weight is 273 g/mol. The van der Waals surface area contributed by atoms with Crippen molar-refractivity contribution in [2.45, 2.75) is 19.3 Å². The van der Waals surface area contributed by atoms with Gasteiger partial charge < -0.3 is 4.57 Å². The maximum atomic E-state index is 5.99. The summed E-state index contributed by atoms with van der Waals surface area (Å²) in [6, 6.07) is 6.00. The van der Waals surface area contributed by atoms with Gasteiger partial charge >= 0.3 is 0 Å². The zero-order valence-electron chi connectivity index (χ0n) is 10.5. The molecular formula is C14H13ClN4. The molecule has 0 atom stereocenters. The van der Waals surface area contributed by atoms with Crippen LogP contribution in [0.4, 0.5) is 0 Å². The van der Waals surface area contributed by atoms with E-state index in [9.17, 15) is 0 Å². The molecule has 0 aliphatic carbocycles. The summed E-state index contributed by atoms with van der Waals surface area (Å²) in [5, 5.41) is 0. The minimum Gasteiger partial charge on any atom is -0.307 e. The topological polar surface area (TPSA) is 43.6 Å². The Kier molecular flexibility index (Phi) is 3.17. The van der Waals surface area contributed by atoms with Gasteiger partial charge in [0.2, 0.25) is 0 Å². The molecule has 0 unspecified atom stereocenters. The molecule has 3 heterocycles. The number of aryl methyl sites for hydroxylation is 1. The van der Waals surface area contributed by atoms with Crippen LogP contribution in [0.5, 0.6) is 0 Å². The Bertz CT molecular complexity index is 706. The van der Waals surface area contributed by atoms with E-state index in [1.54, 1.807) is 12.4 Å². The van der Waals surface area contributed by atoms with Crippen molar-refractivity contribution in [1.29, 1.82) is 0 Å². The average Bonchev–Trinajstić information content (AvgIpc) is 2.77. The second kappa shape index (κ2) is 4.97. The van der Waals surface area contributed by atoms with Crippen LogP contribution < -0.4 is 0 Å². The molecule has 19 heavy (non-hydrogen) atoms. The van der Waals surface area contributed by atoms with Gasteiger partial charge in [-0.05, 0) is 36.2 Å². The van der Waals surface area contributed by atoms with E-state index in [2.05, 4.69) is 19.5 Å². The predicted molar refractivity (Wildman–Crippen MR) is 75.2 cm³/mol. The highest BCUT2D eigenvalue weighted by atomic mass is 35.5. The molecule has 0 N–H and O–H groups in total. The largest absolute Gasteiger partial charge is 0.307 e. The first-order chi connectivity index (χ1) is 9.28. The summed E-state index contributed by atoms with van der Waals surface area (Å²) in [6.45, 7) is 2.71. The number of hydrogen-bond acceptors (Lipinski definition) is 3. The summed E-state index contributed by atoms with van der Waals surface area (Å²) >= 11 is 5.99. The number of alkyl halides is 1. The molecule has 0 aliphatic rings. The fourth-order valence-electron chi connectivity index (χ4n) is 2.10. The lowest BCUT2D eigenvalue weighted by molar-refractivity contribution is 0.769. The van der Waals surface area contributed by atoms with Crippen molar-refractivity contribution in [3.63, 3.8) is 0 Å². The van der Waals surface area contributed by atoms with Crippen LogP contribution in [-0.2, 0) is 12.4 Å². The summed E-state index contributed by atoms with van der Waals surface area (Å²) in [7, 11) is 0. The third kappa shape index (κ3) is 2.31. The second-order valence-electron chi connectivity index (χ2n) is 4.46. The van der Waals surface area contributed by atoms with E-state index in [0.29, 0.717) is 12.4 Å². The lowest BCUT2D eigenvalue weighted by Gasteiger charge is -2.06. The summed E-state index contributed by atoms with van der Waals surface area (Å²) in [4.78, 5) is 13.0. The van der Waals surface area contributed by atoms with E-state index in [4.69, 9.17) is 11.6 Å². The lowest BCUT2D eigenvalue weighted by atomic mass is 10.2. The Morgan fingerprint density at radius 2 is 2.05 bits per heavy atom. The second-order valence-corrected chi connectivity index (χ2v) is 4.73. The van der Waals surface area contributed by atoms with E-state index in [0.717, 1.165) is 28.1 Å². The molecule has 0 saturated carbocycles. The molecule has 3 aromatic heterocycles. The zero-order chi connectivity index (χ0) is 13.2. The van der Waals surface area contributed by atoms with Gasteiger partial charge in [-0.3, -0.25) is 4.98 Å². The molecule has 3 aromatic rings. The van der Waals surface area contributed by atoms with Crippen LogP contribution in [0.15, 0.2) is 36.8 Å². The summed E-state index contributed by atoms with van der Waals surface area (Å²) in [5.41, 5.74) is 4.02. The quantitative estimate of drug-likeness (QED) is 0.689. The molecule has 0 amide bonds. The van der Waals surface area contributed by atoms with Crippen molar-refractivity contribution in [3.8, 4) is 0 Å². The van der Waals surface area contributed by atoms with Crippen molar-refractivity contribution < 1.29 is 0 Å². The van der Waals surface area contributed by atoms with Crippen molar-refractivity contribution in [3.05, 3.63) is 53.7 Å². The molecule has 0 aliphatic heterocycles.